The third-order valence-electron chi connectivity index (χ3n) is 4.77. The fraction of sp³-hybridized carbons (Fsp3) is 0.556. The Balaban J connectivity index is 1.78. The Morgan fingerprint density at radius 2 is 1.64 bits per heavy atom. The molecule has 2 saturated heterocycles. The fourth-order valence-electron chi connectivity index (χ4n) is 3.41. The summed E-state index contributed by atoms with van der Waals surface area (Å²) >= 11 is 0. The molecule has 1 aromatic carbocycles. The summed E-state index contributed by atoms with van der Waals surface area (Å²) in [5, 5.41) is 0. The summed E-state index contributed by atoms with van der Waals surface area (Å²) < 4.78 is 0. The Labute approximate surface area is 132 Å². The van der Waals surface area contributed by atoms with Crippen molar-refractivity contribution in [3.63, 3.8) is 0 Å². The minimum atomic E-state index is -0.252. The largest absolute Gasteiger partial charge is 0.292 e. The highest BCUT2D eigenvalue weighted by Gasteiger charge is 2.42. The predicted octanol–water partition coefficient (Wildman–Crippen LogP) is 2.93. The standard InChI is InChI=1S/C18H24N2O2/c1-13(2)14-6-8-15(9-7-14)20-17(21)12-16(18(20)22)19-10-4-3-5-11-19/h6-9,13,16H,3-5,10-12H2,1-2H3/t16-/m0/s1. The Hall–Kier alpha value is -1.68. The molecule has 1 atom stereocenters. The lowest BCUT2D eigenvalue weighted by atomic mass is 10.0. The molecule has 0 aliphatic carbocycles. The molecule has 2 amide bonds. The number of hydrogen-bond acceptors (Lipinski definition) is 3. The number of imide groups is 1. The minimum absolute atomic E-state index is 0.0517. The summed E-state index contributed by atoms with van der Waals surface area (Å²) in [6.07, 6.45) is 3.80. The zero-order valence-corrected chi connectivity index (χ0v) is 13.4. The number of carbonyl (C=O) groups is 2. The first-order valence-electron chi connectivity index (χ1n) is 8.28. The lowest BCUT2D eigenvalue weighted by Gasteiger charge is -2.30. The van der Waals surface area contributed by atoms with Crippen molar-refractivity contribution in [2.75, 3.05) is 18.0 Å². The first-order chi connectivity index (χ1) is 10.6. The maximum Gasteiger partial charge on any atom is 0.251 e. The molecule has 1 aromatic rings. The molecule has 118 valence electrons. The van der Waals surface area contributed by atoms with Crippen LogP contribution in [-0.2, 0) is 9.59 Å². The second kappa shape index (κ2) is 6.21. The van der Waals surface area contributed by atoms with Crippen molar-refractivity contribution in [1.82, 2.24) is 4.90 Å². The molecule has 0 unspecified atom stereocenters. The Bertz CT molecular complexity index is 559. The van der Waals surface area contributed by atoms with Crippen LogP contribution in [0.5, 0.6) is 0 Å². The molecule has 0 bridgehead atoms. The molecule has 22 heavy (non-hydrogen) atoms. The number of nitrogens with zero attached hydrogens (tertiary/aromatic N) is 2. The summed E-state index contributed by atoms with van der Waals surface area (Å²) in [6, 6.07) is 7.55. The van der Waals surface area contributed by atoms with Gasteiger partial charge in [-0.1, -0.05) is 32.4 Å². The summed E-state index contributed by atoms with van der Waals surface area (Å²) in [5.74, 6) is 0.321. The Morgan fingerprint density at radius 1 is 1.00 bits per heavy atom. The number of piperidine rings is 1. The molecule has 0 N–H and O–H groups in total. The molecular formula is C18H24N2O2. The highest BCUT2D eigenvalue weighted by atomic mass is 16.2. The number of amides is 2. The molecule has 2 aliphatic heterocycles. The Morgan fingerprint density at radius 3 is 2.23 bits per heavy atom. The third kappa shape index (κ3) is 2.80. The normalized spacial score (nSPS) is 23.6. The average Bonchev–Trinajstić information content (AvgIpc) is 2.83. The molecule has 2 heterocycles. The van der Waals surface area contributed by atoms with E-state index in [1.54, 1.807) is 0 Å². The second-order valence-electron chi connectivity index (χ2n) is 6.63. The lowest BCUT2D eigenvalue weighted by Crippen LogP contribution is -2.44. The van der Waals surface area contributed by atoms with Gasteiger partial charge in [-0.05, 0) is 49.5 Å². The summed E-state index contributed by atoms with van der Waals surface area (Å²) in [5.41, 5.74) is 1.93. The maximum absolute atomic E-state index is 12.7. The summed E-state index contributed by atoms with van der Waals surface area (Å²) in [7, 11) is 0. The number of likely N-dealkylation sites (tertiary alicyclic amines) is 1. The van der Waals surface area contributed by atoms with Crippen LogP contribution in [0, 0.1) is 0 Å². The van der Waals surface area contributed by atoms with Gasteiger partial charge in [0.2, 0.25) is 5.91 Å². The van der Waals surface area contributed by atoms with Crippen LogP contribution in [0.4, 0.5) is 5.69 Å². The smallest absolute Gasteiger partial charge is 0.251 e. The highest BCUT2D eigenvalue weighted by Crippen LogP contribution is 2.28. The van der Waals surface area contributed by atoms with E-state index in [4.69, 9.17) is 0 Å². The topological polar surface area (TPSA) is 40.6 Å². The van der Waals surface area contributed by atoms with Crippen LogP contribution in [-0.4, -0.2) is 35.8 Å². The average molecular weight is 300 g/mol. The first-order valence-corrected chi connectivity index (χ1v) is 8.28. The number of rotatable bonds is 3. The van der Waals surface area contributed by atoms with E-state index < -0.39 is 0 Å². The van der Waals surface area contributed by atoms with Crippen molar-refractivity contribution in [1.29, 1.82) is 0 Å². The van der Waals surface area contributed by atoms with Gasteiger partial charge in [0, 0.05) is 0 Å². The van der Waals surface area contributed by atoms with Crippen LogP contribution < -0.4 is 4.90 Å². The number of carbonyl (C=O) groups excluding carboxylic acids is 2. The van der Waals surface area contributed by atoms with Crippen LogP contribution in [0.1, 0.15) is 51.0 Å². The van der Waals surface area contributed by atoms with Crippen molar-refractivity contribution in [3.8, 4) is 0 Å². The van der Waals surface area contributed by atoms with Gasteiger partial charge in [0.05, 0.1) is 18.2 Å². The maximum atomic E-state index is 12.7. The van der Waals surface area contributed by atoms with E-state index in [9.17, 15) is 9.59 Å². The lowest BCUT2D eigenvalue weighted by molar-refractivity contribution is -0.123. The van der Waals surface area contributed by atoms with E-state index in [1.807, 2.05) is 24.3 Å². The van der Waals surface area contributed by atoms with Crippen LogP contribution in [0.25, 0.3) is 0 Å². The molecule has 3 rings (SSSR count). The fourth-order valence-corrected chi connectivity index (χ4v) is 3.41. The van der Waals surface area contributed by atoms with E-state index in [1.165, 1.54) is 16.9 Å². The molecule has 4 heteroatoms. The van der Waals surface area contributed by atoms with E-state index in [0.29, 0.717) is 18.0 Å². The molecule has 4 nitrogen and oxygen atoms in total. The van der Waals surface area contributed by atoms with Gasteiger partial charge >= 0.3 is 0 Å². The van der Waals surface area contributed by atoms with Crippen LogP contribution in [0.3, 0.4) is 0 Å². The van der Waals surface area contributed by atoms with Crippen molar-refractivity contribution in [2.45, 2.75) is 51.5 Å². The van der Waals surface area contributed by atoms with Crippen molar-refractivity contribution < 1.29 is 9.59 Å². The number of hydrogen-bond donors (Lipinski definition) is 0. The van der Waals surface area contributed by atoms with E-state index in [0.717, 1.165) is 25.9 Å². The van der Waals surface area contributed by atoms with E-state index in [-0.39, 0.29) is 17.9 Å². The van der Waals surface area contributed by atoms with Gasteiger partial charge in [-0.25, -0.2) is 4.90 Å². The summed E-state index contributed by atoms with van der Waals surface area (Å²) in [4.78, 5) is 28.6. The zero-order valence-electron chi connectivity index (χ0n) is 13.4. The van der Waals surface area contributed by atoms with Gasteiger partial charge < -0.3 is 0 Å². The predicted molar refractivity (Wildman–Crippen MR) is 86.9 cm³/mol. The Kier molecular flexibility index (Phi) is 4.30. The number of benzene rings is 1. The molecule has 0 radical (unpaired) electrons. The van der Waals surface area contributed by atoms with Crippen LogP contribution >= 0.6 is 0 Å². The quantitative estimate of drug-likeness (QED) is 0.806. The van der Waals surface area contributed by atoms with Gasteiger partial charge in [0.15, 0.2) is 0 Å². The van der Waals surface area contributed by atoms with Gasteiger partial charge in [-0.15, -0.1) is 0 Å². The third-order valence-corrected chi connectivity index (χ3v) is 4.77. The second-order valence-corrected chi connectivity index (χ2v) is 6.63. The van der Waals surface area contributed by atoms with Crippen LogP contribution in [0.2, 0.25) is 0 Å². The molecule has 0 spiro atoms. The number of anilines is 1. The van der Waals surface area contributed by atoms with Crippen molar-refractivity contribution in [2.24, 2.45) is 0 Å². The van der Waals surface area contributed by atoms with Crippen molar-refractivity contribution >= 4 is 17.5 Å². The van der Waals surface area contributed by atoms with Gasteiger partial charge in [0.25, 0.3) is 5.91 Å². The van der Waals surface area contributed by atoms with Gasteiger partial charge in [-0.3, -0.25) is 14.5 Å². The SMILES string of the molecule is CC(C)c1ccc(N2C(=O)C[C@H](N3CCCCC3)C2=O)cc1. The minimum Gasteiger partial charge on any atom is -0.292 e. The van der Waals surface area contributed by atoms with Gasteiger partial charge in [0.1, 0.15) is 0 Å². The monoisotopic (exact) mass is 300 g/mol. The molecule has 2 fully saturated rings. The van der Waals surface area contributed by atoms with Crippen molar-refractivity contribution in [3.05, 3.63) is 29.8 Å². The first kappa shape index (κ1) is 15.2. The summed E-state index contributed by atoms with van der Waals surface area (Å²) in [6.45, 7) is 6.13. The van der Waals surface area contributed by atoms with E-state index >= 15 is 0 Å². The molecular weight excluding hydrogens is 276 g/mol. The molecule has 0 saturated carbocycles. The zero-order chi connectivity index (χ0) is 15.7. The molecule has 2 aliphatic rings. The van der Waals surface area contributed by atoms with E-state index in [2.05, 4.69) is 18.7 Å². The van der Waals surface area contributed by atoms with Gasteiger partial charge in [-0.2, -0.15) is 0 Å². The highest BCUT2D eigenvalue weighted by molar-refractivity contribution is 6.22. The van der Waals surface area contributed by atoms with Crippen LogP contribution in [0.15, 0.2) is 24.3 Å². The molecule has 0 aromatic heterocycles.